The Morgan fingerprint density at radius 1 is 1.27 bits per heavy atom. The third kappa shape index (κ3) is 7.94. The summed E-state index contributed by atoms with van der Waals surface area (Å²) in [6.07, 6.45) is 5.32. The molecule has 30 heavy (non-hydrogen) atoms. The highest BCUT2D eigenvalue weighted by Crippen LogP contribution is 2.20. The minimum absolute atomic E-state index is 0. The Morgan fingerprint density at radius 3 is 2.80 bits per heavy atom. The largest absolute Gasteiger partial charge is 0.484 e. The Bertz CT molecular complexity index is 694. The molecular weight excluding hydrogens is 493 g/mol. The van der Waals surface area contributed by atoms with Gasteiger partial charge in [-0.2, -0.15) is 0 Å². The minimum Gasteiger partial charge on any atom is -0.484 e. The van der Waals surface area contributed by atoms with Crippen molar-refractivity contribution in [3.8, 4) is 5.75 Å². The normalized spacial score (nSPS) is 20.0. The van der Waals surface area contributed by atoms with Gasteiger partial charge < -0.3 is 25.6 Å². The number of primary amides is 1. The van der Waals surface area contributed by atoms with Crippen LogP contribution in [0.2, 0.25) is 0 Å². The van der Waals surface area contributed by atoms with Gasteiger partial charge in [0.1, 0.15) is 5.75 Å². The van der Waals surface area contributed by atoms with Gasteiger partial charge in [0, 0.05) is 26.2 Å². The number of piperidine rings is 1. The number of guanidine groups is 1. The number of hydrogen-bond donors (Lipinski definition) is 2. The van der Waals surface area contributed by atoms with Crippen molar-refractivity contribution in [3.63, 3.8) is 0 Å². The van der Waals surface area contributed by atoms with Gasteiger partial charge in [-0.3, -0.25) is 4.79 Å². The molecule has 2 saturated heterocycles. The van der Waals surface area contributed by atoms with Crippen molar-refractivity contribution in [1.29, 1.82) is 0 Å². The summed E-state index contributed by atoms with van der Waals surface area (Å²) in [5, 5.41) is 3.44. The average molecular weight is 529 g/mol. The van der Waals surface area contributed by atoms with Crippen LogP contribution in [0.15, 0.2) is 29.3 Å². The van der Waals surface area contributed by atoms with E-state index in [2.05, 4.69) is 22.0 Å². The molecule has 1 unspecified atom stereocenters. The predicted molar refractivity (Wildman–Crippen MR) is 131 cm³/mol. The Morgan fingerprint density at radius 2 is 2.07 bits per heavy atom. The van der Waals surface area contributed by atoms with E-state index < -0.39 is 5.91 Å². The third-order valence-electron chi connectivity index (χ3n) is 5.58. The van der Waals surface area contributed by atoms with Gasteiger partial charge >= 0.3 is 0 Å². The van der Waals surface area contributed by atoms with E-state index in [0.717, 1.165) is 37.1 Å². The molecule has 2 heterocycles. The summed E-state index contributed by atoms with van der Waals surface area (Å²) >= 11 is 0. The fourth-order valence-corrected chi connectivity index (χ4v) is 4.16. The highest BCUT2D eigenvalue weighted by atomic mass is 127. The molecule has 0 radical (unpaired) electrons. The van der Waals surface area contributed by atoms with E-state index in [4.69, 9.17) is 15.5 Å². The summed E-state index contributed by atoms with van der Waals surface area (Å²) in [5.41, 5.74) is 6.20. The number of aliphatic imine (C=N–C) groups is 1. The second-order valence-corrected chi connectivity index (χ2v) is 8.03. The number of carbonyl (C=O) groups is 1. The lowest BCUT2D eigenvalue weighted by Gasteiger charge is -2.29. The summed E-state index contributed by atoms with van der Waals surface area (Å²) in [5.74, 6) is 1.87. The molecule has 1 aromatic rings. The van der Waals surface area contributed by atoms with Gasteiger partial charge in [0.2, 0.25) is 0 Å². The summed E-state index contributed by atoms with van der Waals surface area (Å²) in [4.78, 5) is 20.8. The molecule has 168 valence electrons. The van der Waals surface area contributed by atoms with Crippen LogP contribution < -0.4 is 15.8 Å². The first kappa shape index (κ1) is 24.7. The van der Waals surface area contributed by atoms with Gasteiger partial charge in [-0.15, -0.1) is 24.0 Å². The first-order chi connectivity index (χ1) is 14.1. The summed E-state index contributed by atoms with van der Waals surface area (Å²) in [7, 11) is 0. The van der Waals surface area contributed by atoms with Gasteiger partial charge in [0.25, 0.3) is 5.91 Å². The van der Waals surface area contributed by atoms with E-state index in [1.165, 1.54) is 45.3 Å². The minimum atomic E-state index is -0.476. The van der Waals surface area contributed by atoms with Gasteiger partial charge in [-0.25, -0.2) is 4.99 Å². The molecule has 1 amide bonds. The van der Waals surface area contributed by atoms with Gasteiger partial charge in [0.05, 0.1) is 6.54 Å². The molecule has 3 rings (SSSR count). The Kier molecular flexibility index (Phi) is 10.7. The molecule has 3 N–H and O–H groups in total. The Balaban J connectivity index is 0.00000320. The zero-order valence-corrected chi connectivity index (χ0v) is 20.3. The van der Waals surface area contributed by atoms with Crippen molar-refractivity contribution in [1.82, 2.24) is 15.1 Å². The lowest BCUT2D eigenvalue weighted by molar-refractivity contribution is -0.119. The maximum absolute atomic E-state index is 10.9. The van der Waals surface area contributed by atoms with Crippen LogP contribution in [0.4, 0.5) is 0 Å². The number of nitrogens with one attached hydrogen (secondary N) is 1. The van der Waals surface area contributed by atoms with Crippen molar-refractivity contribution in [2.75, 3.05) is 45.9 Å². The number of amides is 1. The molecule has 8 heteroatoms. The lowest BCUT2D eigenvalue weighted by Crippen LogP contribution is -2.41. The smallest absolute Gasteiger partial charge is 0.255 e. The van der Waals surface area contributed by atoms with Crippen molar-refractivity contribution in [2.24, 2.45) is 16.6 Å². The zero-order valence-electron chi connectivity index (χ0n) is 18.0. The fraction of sp³-hybridized carbons (Fsp3) is 0.636. The quantitative estimate of drug-likeness (QED) is 0.307. The number of likely N-dealkylation sites (tertiary alicyclic amines) is 2. The van der Waals surface area contributed by atoms with Crippen LogP contribution in [0.5, 0.6) is 5.75 Å². The van der Waals surface area contributed by atoms with E-state index >= 15 is 0 Å². The highest BCUT2D eigenvalue weighted by Gasteiger charge is 2.26. The van der Waals surface area contributed by atoms with Crippen LogP contribution in [-0.2, 0) is 11.3 Å². The fourth-order valence-electron chi connectivity index (χ4n) is 4.16. The monoisotopic (exact) mass is 529 g/mol. The second-order valence-electron chi connectivity index (χ2n) is 8.03. The molecule has 0 spiro atoms. The van der Waals surface area contributed by atoms with E-state index in [-0.39, 0.29) is 30.6 Å². The lowest BCUT2D eigenvalue weighted by atomic mass is 10.1. The van der Waals surface area contributed by atoms with Crippen LogP contribution in [0.1, 0.15) is 38.2 Å². The average Bonchev–Trinajstić information content (AvgIpc) is 3.19. The molecular formula is C22H36IN5O2. The molecule has 0 bridgehead atoms. The third-order valence-corrected chi connectivity index (χ3v) is 5.58. The number of carbonyl (C=O) groups excluding carboxylic acids is 1. The molecule has 2 aliphatic heterocycles. The number of nitrogens with zero attached hydrogens (tertiary/aromatic N) is 3. The first-order valence-corrected chi connectivity index (χ1v) is 10.9. The number of nitrogens with two attached hydrogens (primary N) is 1. The first-order valence-electron chi connectivity index (χ1n) is 10.9. The molecule has 1 aromatic carbocycles. The SMILES string of the molecule is CCNC(=NCc1cccc(OCC(N)=O)c1)N1CCC(CN2CCCCC2)C1.I. The number of rotatable bonds is 8. The predicted octanol–water partition coefficient (Wildman–Crippen LogP) is 2.44. The molecule has 2 aliphatic rings. The number of halogens is 1. The maximum atomic E-state index is 10.9. The van der Waals surface area contributed by atoms with Crippen molar-refractivity contribution in [3.05, 3.63) is 29.8 Å². The van der Waals surface area contributed by atoms with E-state index in [0.29, 0.717) is 12.3 Å². The van der Waals surface area contributed by atoms with Crippen LogP contribution in [0.25, 0.3) is 0 Å². The van der Waals surface area contributed by atoms with E-state index in [9.17, 15) is 4.79 Å². The van der Waals surface area contributed by atoms with Crippen molar-refractivity contribution < 1.29 is 9.53 Å². The highest BCUT2D eigenvalue weighted by molar-refractivity contribution is 14.0. The molecule has 7 nitrogen and oxygen atoms in total. The van der Waals surface area contributed by atoms with E-state index in [1.54, 1.807) is 0 Å². The standard InChI is InChI=1S/C22H35N5O2.HI/c1-2-24-22(25-14-18-7-6-8-20(13-18)29-17-21(23)28)27-12-9-19(16-27)15-26-10-4-3-5-11-26;/h6-8,13,19H,2-5,9-12,14-17H2,1H3,(H2,23,28)(H,24,25);1H. The zero-order chi connectivity index (χ0) is 20.5. The topological polar surface area (TPSA) is 83.2 Å². The van der Waals surface area contributed by atoms with Gasteiger partial charge in [-0.1, -0.05) is 18.6 Å². The summed E-state index contributed by atoms with van der Waals surface area (Å²) in [6.45, 7) is 9.30. The van der Waals surface area contributed by atoms with Gasteiger partial charge in [-0.05, 0) is 62.9 Å². The van der Waals surface area contributed by atoms with Crippen LogP contribution in [-0.4, -0.2) is 67.5 Å². The van der Waals surface area contributed by atoms with Crippen LogP contribution >= 0.6 is 24.0 Å². The Hall–Kier alpha value is -1.55. The maximum Gasteiger partial charge on any atom is 0.255 e. The number of benzene rings is 1. The van der Waals surface area contributed by atoms with Crippen molar-refractivity contribution >= 4 is 35.8 Å². The van der Waals surface area contributed by atoms with Crippen molar-refractivity contribution in [2.45, 2.75) is 39.2 Å². The van der Waals surface area contributed by atoms with E-state index in [1.807, 2.05) is 24.3 Å². The molecule has 0 saturated carbocycles. The molecule has 2 fully saturated rings. The van der Waals surface area contributed by atoms with Crippen LogP contribution in [0.3, 0.4) is 0 Å². The number of ether oxygens (including phenoxy) is 1. The second kappa shape index (κ2) is 13.0. The van der Waals surface area contributed by atoms with Crippen LogP contribution in [0, 0.1) is 5.92 Å². The summed E-state index contributed by atoms with van der Waals surface area (Å²) < 4.78 is 5.39. The number of hydrogen-bond acceptors (Lipinski definition) is 4. The molecule has 0 aromatic heterocycles. The summed E-state index contributed by atoms with van der Waals surface area (Å²) in [6, 6.07) is 7.68. The Labute approximate surface area is 197 Å². The molecule has 0 aliphatic carbocycles. The van der Waals surface area contributed by atoms with Gasteiger partial charge in [0.15, 0.2) is 12.6 Å². The molecule has 1 atom stereocenters.